The van der Waals surface area contributed by atoms with Gasteiger partial charge in [0.1, 0.15) is 0 Å². The summed E-state index contributed by atoms with van der Waals surface area (Å²) in [6.45, 7) is 2.67. The van der Waals surface area contributed by atoms with E-state index in [1.165, 1.54) is 17.5 Å². The molecule has 106 valence electrons. The Balaban J connectivity index is 2.15. The van der Waals surface area contributed by atoms with Crippen LogP contribution in [0.5, 0.6) is 0 Å². The molecule has 3 heteroatoms. The van der Waals surface area contributed by atoms with Crippen LogP contribution in [0.1, 0.15) is 36.9 Å². The normalized spacial score (nSPS) is 19.5. The van der Waals surface area contributed by atoms with Crippen molar-refractivity contribution in [1.82, 2.24) is 4.90 Å². The third kappa shape index (κ3) is 3.16. The molecule has 0 spiro atoms. The zero-order chi connectivity index (χ0) is 13.9. The molecule has 2 N–H and O–H groups in total. The summed E-state index contributed by atoms with van der Waals surface area (Å²) in [6.07, 6.45) is 3.53. The highest BCUT2D eigenvalue weighted by molar-refractivity contribution is 5.32. The average molecular weight is 263 g/mol. The fourth-order valence-electron chi connectivity index (χ4n) is 3.05. The first-order valence-corrected chi connectivity index (χ1v) is 7.09. The van der Waals surface area contributed by atoms with Gasteiger partial charge in [-0.15, -0.1) is 0 Å². The first-order valence-electron chi connectivity index (χ1n) is 7.09. The van der Waals surface area contributed by atoms with Gasteiger partial charge in [-0.05, 0) is 37.4 Å². The van der Waals surface area contributed by atoms with Gasteiger partial charge in [0.25, 0.3) is 0 Å². The first-order chi connectivity index (χ1) is 9.09. The molecular weight excluding hydrogens is 238 g/mol. The van der Waals surface area contributed by atoms with Crippen molar-refractivity contribution in [1.29, 1.82) is 0 Å². The Labute approximate surface area is 115 Å². The molecule has 1 aromatic carbocycles. The van der Waals surface area contributed by atoms with E-state index in [1.54, 1.807) is 0 Å². The standard InChI is InChI=1S/C16H25NO2/c1-16(11-18,12-19)10-17(2)15-9-5-7-13-6-3-4-8-14(13)15/h3-4,6,8,15,18-19H,5,7,9-12H2,1-2H3. The SMILES string of the molecule is CN(CC(C)(CO)CO)C1CCCc2ccccc21. The summed E-state index contributed by atoms with van der Waals surface area (Å²) < 4.78 is 0. The molecule has 1 aromatic rings. The van der Waals surface area contributed by atoms with Crippen LogP contribution >= 0.6 is 0 Å². The van der Waals surface area contributed by atoms with Crippen molar-refractivity contribution in [2.45, 2.75) is 32.2 Å². The van der Waals surface area contributed by atoms with E-state index in [4.69, 9.17) is 0 Å². The lowest BCUT2D eigenvalue weighted by Crippen LogP contribution is -2.41. The van der Waals surface area contributed by atoms with E-state index in [1.807, 2.05) is 6.92 Å². The number of rotatable bonds is 5. The van der Waals surface area contributed by atoms with Gasteiger partial charge in [0.05, 0.1) is 13.2 Å². The largest absolute Gasteiger partial charge is 0.396 e. The number of benzene rings is 1. The number of aliphatic hydroxyl groups is 2. The predicted octanol–water partition coefficient (Wildman–Crippen LogP) is 1.99. The second-order valence-electron chi connectivity index (χ2n) is 6.15. The number of hydrogen-bond acceptors (Lipinski definition) is 3. The lowest BCUT2D eigenvalue weighted by Gasteiger charge is -2.38. The van der Waals surface area contributed by atoms with Crippen LogP contribution in [0.4, 0.5) is 0 Å². The molecule has 0 saturated heterocycles. The summed E-state index contributed by atoms with van der Waals surface area (Å²) in [5, 5.41) is 18.9. The Bertz CT molecular complexity index is 415. The second kappa shape index (κ2) is 6.04. The maximum absolute atomic E-state index is 9.44. The molecule has 2 rings (SSSR count). The molecule has 0 aliphatic heterocycles. The highest BCUT2D eigenvalue weighted by Gasteiger charge is 2.30. The molecule has 1 atom stereocenters. The molecule has 0 amide bonds. The summed E-state index contributed by atoms with van der Waals surface area (Å²) in [5.74, 6) is 0. The van der Waals surface area contributed by atoms with E-state index in [-0.39, 0.29) is 13.2 Å². The summed E-state index contributed by atoms with van der Waals surface area (Å²) >= 11 is 0. The van der Waals surface area contributed by atoms with Crippen LogP contribution < -0.4 is 0 Å². The van der Waals surface area contributed by atoms with Crippen LogP contribution in [0, 0.1) is 5.41 Å². The summed E-state index contributed by atoms with van der Waals surface area (Å²) in [5.41, 5.74) is 2.43. The molecule has 0 fully saturated rings. The molecule has 0 aromatic heterocycles. The van der Waals surface area contributed by atoms with Crippen LogP contribution in [-0.2, 0) is 6.42 Å². The zero-order valence-electron chi connectivity index (χ0n) is 12.0. The summed E-state index contributed by atoms with van der Waals surface area (Å²) in [7, 11) is 2.09. The van der Waals surface area contributed by atoms with Crippen LogP contribution in [0.2, 0.25) is 0 Å². The fraction of sp³-hybridized carbons (Fsp3) is 0.625. The predicted molar refractivity (Wildman–Crippen MR) is 77.0 cm³/mol. The highest BCUT2D eigenvalue weighted by atomic mass is 16.3. The molecule has 1 unspecified atom stereocenters. The van der Waals surface area contributed by atoms with Crippen molar-refractivity contribution in [2.75, 3.05) is 26.8 Å². The van der Waals surface area contributed by atoms with Gasteiger partial charge < -0.3 is 10.2 Å². The van der Waals surface area contributed by atoms with Gasteiger partial charge in [-0.25, -0.2) is 0 Å². The molecule has 0 saturated carbocycles. The fourth-order valence-corrected chi connectivity index (χ4v) is 3.05. The maximum atomic E-state index is 9.44. The number of nitrogens with zero attached hydrogens (tertiary/aromatic N) is 1. The molecule has 19 heavy (non-hydrogen) atoms. The smallest absolute Gasteiger partial charge is 0.0519 e. The third-order valence-electron chi connectivity index (χ3n) is 4.26. The number of aliphatic hydroxyl groups excluding tert-OH is 2. The minimum absolute atomic E-state index is 0.0161. The molecule has 0 radical (unpaired) electrons. The van der Waals surface area contributed by atoms with Crippen molar-refractivity contribution in [3.05, 3.63) is 35.4 Å². The monoisotopic (exact) mass is 263 g/mol. The van der Waals surface area contributed by atoms with Gasteiger partial charge in [0.15, 0.2) is 0 Å². The quantitative estimate of drug-likeness (QED) is 0.854. The molecule has 0 heterocycles. The molecule has 0 bridgehead atoms. The van der Waals surface area contributed by atoms with Crippen molar-refractivity contribution in [3.8, 4) is 0 Å². The van der Waals surface area contributed by atoms with Crippen LogP contribution in [0.15, 0.2) is 24.3 Å². The lowest BCUT2D eigenvalue weighted by atomic mass is 9.85. The van der Waals surface area contributed by atoms with E-state index in [9.17, 15) is 10.2 Å². The topological polar surface area (TPSA) is 43.7 Å². The van der Waals surface area contributed by atoms with Crippen molar-refractivity contribution in [3.63, 3.8) is 0 Å². The van der Waals surface area contributed by atoms with E-state index in [0.29, 0.717) is 12.6 Å². The zero-order valence-corrected chi connectivity index (χ0v) is 12.0. The minimum atomic E-state index is -0.429. The molecular formula is C16H25NO2. The van der Waals surface area contributed by atoms with Gasteiger partial charge in [0.2, 0.25) is 0 Å². The Hall–Kier alpha value is -0.900. The number of hydrogen-bond donors (Lipinski definition) is 2. The van der Waals surface area contributed by atoms with Crippen molar-refractivity contribution >= 4 is 0 Å². The Morgan fingerprint density at radius 1 is 1.26 bits per heavy atom. The van der Waals surface area contributed by atoms with Crippen molar-refractivity contribution in [2.24, 2.45) is 5.41 Å². The Morgan fingerprint density at radius 2 is 1.95 bits per heavy atom. The van der Waals surface area contributed by atoms with E-state index in [2.05, 4.69) is 36.2 Å². The molecule has 1 aliphatic carbocycles. The first kappa shape index (κ1) is 14.5. The van der Waals surface area contributed by atoms with Gasteiger partial charge >= 0.3 is 0 Å². The maximum Gasteiger partial charge on any atom is 0.0519 e. The van der Waals surface area contributed by atoms with Crippen LogP contribution in [0.25, 0.3) is 0 Å². The van der Waals surface area contributed by atoms with E-state index >= 15 is 0 Å². The molecule has 3 nitrogen and oxygen atoms in total. The third-order valence-corrected chi connectivity index (χ3v) is 4.26. The van der Waals surface area contributed by atoms with Crippen molar-refractivity contribution < 1.29 is 10.2 Å². The van der Waals surface area contributed by atoms with Gasteiger partial charge in [0, 0.05) is 18.0 Å². The number of fused-ring (bicyclic) bond motifs is 1. The summed E-state index contributed by atoms with van der Waals surface area (Å²) in [4.78, 5) is 2.28. The number of aryl methyl sites for hydroxylation is 1. The van der Waals surface area contributed by atoms with Gasteiger partial charge in [-0.1, -0.05) is 31.2 Å². The minimum Gasteiger partial charge on any atom is -0.396 e. The van der Waals surface area contributed by atoms with Gasteiger partial charge in [-0.3, -0.25) is 4.90 Å². The Morgan fingerprint density at radius 3 is 2.63 bits per heavy atom. The van der Waals surface area contributed by atoms with E-state index in [0.717, 1.165) is 12.8 Å². The van der Waals surface area contributed by atoms with Crippen LogP contribution in [-0.4, -0.2) is 41.9 Å². The lowest BCUT2D eigenvalue weighted by molar-refractivity contribution is 0.0282. The Kier molecular flexibility index (Phi) is 4.61. The van der Waals surface area contributed by atoms with Crippen LogP contribution in [0.3, 0.4) is 0 Å². The van der Waals surface area contributed by atoms with E-state index < -0.39 is 5.41 Å². The van der Waals surface area contributed by atoms with Gasteiger partial charge in [-0.2, -0.15) is 0 Å². The second-order valence-corrected chi connectivity index (χ2v) is 6.15. The summed E-state index contributed by atoms with van der Waals surface area (Å²) in [6, 6.07) is 9.04. The highest BCUT2D eigenvalue weighted by Crippen LogP contribution is 2.34. The average Bonchev–Trinajstić information content (AvgIpc) is 2.46. The molecule has 1 aliphatic rings.